The Labute approximate surface area is 109 Å². The fourth-order valence-electron chi connectivity index (χ4n) is 2.08. The third kappa shape index (κ3) is 3.77. The standard InChI is InChI=1S/C12H16BrN3O/c13-11-3-1-9(2-4-11)5-16-12(17)10-6-14-8-15-7-10/h6-9,11H,1-5H2,(H,16,17). The maximum Gasteiger partial charge on any atom is 0.254 e. The van der Waals surface area contributed by atoms with Crippen molar-refractivity contribution in [2.75, 3.05) is 6.54 Å². The van der Waals surface area contributed by atoms with Crippen LogP contribution in [0, 0.1) is 5.92 Å². The largest absolute Gasteiger partial charge is 0.352 e. The van der Waals surface area contributed by atoms with Crippen LogP contribution in [0.3, 0.4) is 0 Å². The van der Waals surface area contributed by atoms with Gasteiger partial charge in [0.05, 0.1) is 5.56 Å². The maximum atomic E-state index is 11.8. The number of aromatic nitrogens is 2. The summed E-state index contributed by atoms with van der Waals surface area (Å²) in [5.74, 6) is 0.531. The lowest BCUT2D eigenvalue weighted by Crippen LogP contribution is -2.31. The van der Waals surface area contributed by atoms with Gasteiger partial charge in [-0.05, 0) is 31.6 Å². The first kappa shape index (κ1) is 12.5. The number of hydrogen-bond acceptors (Lipinski definition) is 3. The molecule has 92 valence electrons. The number of nitrogens with zero attached hydrogens (tertiary/aromatic N) is 2. The molecule has 0 aliphatic heterocycles. The van der Waals surface area contributed by atoms with Gasteiger partial charge in [-0.15, -0.1) is 0 Å². The van der Waals surface area contributed by atoms with Crippen LogP contribution < -0.4 is 5.32 Å². The van der Waals surface area contributed by atoms with Gasteiger partial charge in [0.15, 0.2) is 0 Å². The van der Waals surface area contributed by atoms with Crippen molar-refractivity contribution in [1.82, 2.24) is 15.3 Å². The van der Waals surface area contributed by atoms with E-state index in [2.05, 4.69) is 31.2 Å². The zero-order valence-electron chi connectivity index (χ0n) is 9.60. The Bertz CT molecular complexity index is 363. The van der Waals surface area contributed by atoms with Gasteiger partial charge in [0.25, 0.3) is 5.91 Å². The van der Waals surface area contributed by atoms with Gasteiger partial charge in [0.1, 0.15) is 6.33 Å². The first-order valence-electron chi connectivity index (χ1n) is 5.93. The highest BCUT2D eigenvalue weighted by Crippen LogP contribution is 2.28. The van der Waals surface area contributed by atoms with Crippen molar-refractivity contribution in [2.45, 2.75) is 30.5 Å². The van der Waals surface area contributed by atoms with Crippen LogP contribution in [0.4, 0.5) is 0 Å². The average Bonchev–Trinajstić information content (AvgIpc) is 2.39. The summed E-state index contributed by atoms with van der Waals surface area (Å²) in [6.07, 6.45) is 9.27. The number of alkyl halides is 1. The Morgan fingerprint density at radius 3 is 2.59 bits per heavy atom. The van der Waals surface area contributed by atoms with Crippen molar-refractivity contribution in [2.24, 2.45) is 5.92 Å². The fraction of sp³-hybridized carbons (Fsp3) is 0.583. The summed E-state index contributed by atoms with van der Waals surface area (Å²) in [6.45, 7) is 0.757. The van der Waals surface area contributed by atoms with Crippen molar-refractivity contribution < 1.29 is 4.79 Å². The molecule has 0 bridgehead atoms. The van der Waals surface area contributed by atoms with E-state index in [0.717, 1.165) is 6.54 Å². The predicted octanol–water partition coefficient (Wildman–Crippen LogP) is 2.16. The van der Waals surface area contributed by atoms with Crippen LogP contribution in [-0.4, -0.2) is 27.2 Å². The van der Waals surface area contributed by atoms with Crippen LogP contribution >= 0.6 is 15.9 Å². The molecule has 5 heteroatoms. The SMILES string of the molecule is O=C(NCC1CCC(Br)CC1)c1cncnc1. The smallest absolute Gasteiger partial charge is 0.254 e. The Morgan fingerprint density at radius 1 is 1.29 bits per heavy atom. The highest BCUT2D eigenvalue weighted by Gasteiger charge is 2.19. The molecule has 1 aliphatic carbocycles. The van der Waals surface area contributed by atoms with Crippen LogP contribution in [0.15, 0.2) is 18.7 Å². The van der Waals surface area contributed by atoms with Crippen molar-refractivity contribution in [3.8, 4) is 0 Å². The molecule has 1 fully saturated rings. The molecule has 0 radical (unpaired) electrons. The lowest BCUT2D eigenvalue weighted by Gasteiger charge is -2.25. The molecule has 1 N–H and O–H groups in total. The molecule has 1 aromatic heterocycles. The van der Waals surface area contributed by atoms with Gasteiger partial charge in [-0.25, -0.2) is 9.97 Å². The minimum atomic E-state index is -0.0773. The van der Waals surface area contributed by atoms with Gasteiger partial charge in [-0.1, -0.05) is 15.9 Å². The van der Waals surface area contributed by atoms with Crippen molar-refractivity contribution in [3.05, 3.63) is 24.3 Å². The molecule has 4 nitrogen and oxygen atoms in total. The molecule has 0 atom stereocenters. The van der Waals surface area contributed by atoms with Gasteiger partial charge < -0.3 is 5.32 Å². The second-order valence-corrected chi connectivity index (χ2v) is 5.75. The van der Waals surface area contributed by atoms with E-state index in [4.69, 9.17) is 0 Å². The van der Waals surface area contributed by atoms with Crippen molar-refractivity contribution in [3.63, 3.8) is 0 Å². The molecule has 0 saturated heterocycles. The van der Waals surface area contributed by atoms with Gasteiger partial charge in [0.2, 0.25) is 0 Å². The number of hydrogen-bond donors (Lipinski definition) is 1. The molecule has 2 rings (SSSR count). The quantitative estimate of drug-likeness (QED) is 0.870. The van der Waals surface area contributed by atoms with Crippen LogP contribution in [0.2, 0.25) is 0 Å². The highest BCUT2D eigenvalue weighted by molar-refractivity contribution is 9.09. The molecule has 1 amide bonds. The number of nitrogens with one attached hydrogen (secondary N) is 1. The van der Waals surface area contributed by atoms with Crippen molar-refractivity contribution in [1.29, 1.82) is 0 Å². The Kier molecular flexibility index (Phi) is 4.48. The summed E-state index contributed by atoms with van der Waals surface area (Å²) < 4.78 is 0. The zero-order valence-corrected chi connectivity index (χ0v) is 11.2. The van der Waals surface area contributed by atoms with E-state index in [0.29, 0.717) is 16.3 Å². The molecular formula is C12H16BrN3O. The summed E-state index contributed by atoms with van der Waals surface area (Å²) in [7, 11) is 0. The summed E-state index contributed by atoms with van der Waals surface area (Å²) in [5, 5.41) is 2.95. The number of carbonyl (C=O) groups excluding carboxylic acids is 1. The van der Waals surface area contributed by atoms with E-state index < -0.39 is 0 Å². The number of halogens is 1. The van der Waals surface area contributed by atoms with E-state index in [1.54, 1.807) is 0 Å². The minimum absolute atomic E-state index is 0.0773. The minimum Gasteiger partial charge on any atom is -0.352 e. The molecule has 0 unspecified atom stereocenters. The summed E-state index contributed by atoms with van der Waals surface area (Å²) in [4.78, 5) is 20.1. The topological polar surface area (TPSA) is 54.9 Å². The third-order valence-corrected chi connectivity index (χ3v) is 4.07. The summed E-state index contributed by atoms with van der Waals surface area (Å²) >= 11 is 3.63. The van der Waals surface area contributed by atoms with E-state index >= 15 is 0 Å². The zero-order chi connectivity index (χ0) is 12.1. The monoisotopic (exact) mass is 297 g/mol. The van der Waals surface area contributed by atoms with E-state index in [1.165, 1.54) is 44.4 Å². The molecule has 0 aromatic carbocycles. The van der Waals surface area contributed by atoms with E-state index in [9.17, 15) is 4.79 Å². The molecule has 17 heavy (non-hydrogen) atoms. The third-order valence-electron chi connectivity index (χ3n) is 3.15. The molecule has 1 saturated carbocycles. The predicted molar refractivity (Wildman–Crippen MR) is 69.0 cm³/mol. The number of amides is 1. The lowest BCUT2D eigenvalue weighted by atomic mass is 9.89. The van der Waals surface area contributed by atoms with Gasteiger partial charge in [0, 0.05) is 23.8 Å². The van der Waals surface area contributed by atoms with E-state index in [1.807, 2.05) is 0 Å². The van der Waals surface area contributed by atoms with Crippen LogP contribution in [-0.2, 0) is 0 Å². The van der Waals surface area contributed by atoms with Gasteiger partial charge in [-0.2, -0.15) is 0 Å². The lowest BCUT2D eigenvalue weighted by molar-refractivity contribution is 0.0943. The molecule has 1 aromatic rings. The summed E-state index contributed by atoms with van der Waals surface area (Å²) in [6, 6.07) is 0. The van der Waals surface area contributed by atoms with Crippen LogP contribution in [0.25, 0.3) is 0 Å². The number of rotatable bonds is 3. The Hall–Kier alpha value is -0.970. The molecule has 1 heterocycles. The van der Waals surface area contributed by atoms with Crippen LogP contribution in [0.1, 0.15) is 36.0 Å². The van der Waals surface area contributed by atoms with Crippen LogP contribution in [0.5, 0.6) is 0 Å². The van der Waals surface area contributed by atoms with Crippen molar-refractivity contribution >= 4 is 21.8 Å². The number of carbonyl (C=O) groups is 1. The first-order valence-corrected chi connectivity index (χ1v) is 6.84. The first-order chi connectivity index (χ1) is 8.25. The van der Waals surface area contributed by atoms with Gasteiger partial charge >= 0.3 is 0 Å². The summed E-state index contributed by atoms with van der Waals surface area (Å²) in [5.41, 5.74) is 0.529. The average molecular weight is 298 g/mol. The van der Waals surface area contributed by atoms with E-state index in [-0.39, 0.29) is 5.91 Å². The second kappa shape index (κ2) is 6.10. The molecular weight excluding hydrogens is 282 g/mol. The molecule has 0 spiro atoms. The maximum absolute atomic E-state index is 11.8. The molecule has 1 aliphatic rings. The Morgan fingerprint density at radius 2 is 1.94 bits per heavy atom. The van der Waals surface area contributed by atoms with Gasteiger partial charge in [-0.3, -0.25) is 4.79 Å². The normalized spacial score (nSPS) is 24.3. The fourth-order valence-corrected chi connectivity index (χ4v) is 2.61. The Balaban J connectivity index is 1.77. The highest BCUT2D eigenvalue weighted by atomic mass is 79.9. The second-order valence-electron chi connectivity index (χ2n) is 4.46.